The lowest BCUT2D eigenvalue weighted by molar-refractivity contribution is -0.274. The van der Waals surface area contributed by atoms with Crippen molar-refractivity contribution in [1.29, 1.82) is 0 Å². The summed E-state index contributed by atoms with van der Waals surface area (Å²) >= 11 is 6.23. The first-order valence-corrected chi connectivity index (χ1v) is 8.50. The van der Waals surface area contributed by atoms with E-state index >= 15 is 0 Å². The van der Waals surface area contributed by atoms with Crippen molar-refractivity contribution >= 4 is 28.3 Å². The van der Waals surface area contributed by atoms with Gasteiger partial charge < -0.3 is 9.47 Å². The van der Waals surface area contributed by atoms with Crippen LogP contribution in [-0.2, 0) is 0 Å². The van der Waals surface area contributed by atoms with Gasteiger partial charge >= 0.3 is 6.36 Å². The number of nitrogens with zero attached hydrogens (tertiary/aromatic N) is 4. The Bertz CT molecular complexity index is 1260. The van der Waals surface area contributed by atoms with Crippen molar-refractivity contribution in [1.82, 2.24) is 19.6 Å². The van der Waals surface area contributed by atoms with Gasteiger partial charge in [-0.1, -0.05) is 11.6 Å². The summed E-state index contributed by atoms with van der Waals surface area (Å²) in [5.41, 5.74) is 1.38. The number of halogens is 5. The maximum atomic E-state index is 14.1. The van der Waals surface area contributed by atoms with E-state index in [1.807, 2.05) is 0 Å². The number of aromatic nitrogens is 4. The van der Waals surface area contributed by atoms with Crippen molar-refractivity contribution in [3.05, 3.63) is 46.9 Å². The second kappa shape index (κ2) is 6.73. The van der Waals surface area contributed by atoms with Crippen molar-refractivity contribution in [2.24, 2.45) is 0 Å². The van der Waals surface area contributed by atoms with E-state index in [1.165, 1.54) is 23.6 Å². The third-order valence-corrected chi connectivity index (χ3v) is 4.49. The van der Waals surface area contributed by atoms with E-state index in [-0.39, 0.29) is 33.2 Å². The van der Waals surface area contributed by atoms with Gasteiger partial charge in [-0.3, -0.25) is 4.40 Å². The highest BCUT2D eigenvalue weighted by molar-refractivity contribution is 6.33. The van der Waals surface area contributed by atoms with Gasteiger partial charge in [0.2, 0.25) is 0 Å². The predicted octanol–water partition coefficient (Wildman–Crippen LogP) is 4.95. The lowest BCUT2D eigenvalue weighted by atomic mass is 10.2. The minimum absolute atomic E-state index is 0.125. The van der Waals surface area contributed by atoms with Crippen molar-refractivity contribution in [2.75, 3.05) is 7.11 Å². The molecule has 0 aliphatic carbocycles. The van der Waals surface area contributed by atoms with Crippen LogP contribution in [0.3, 0.4) is 0 Å². The fourth-order valence-electron chi connectivity index (χ4n) is 3.00. The van der Waals surface area contributed by atoms with Crippen LogP contribution in [0.2, 0.25) is 5.02 Å². The van der Waals surface area contributed by atoms with Gasteiger partial charge in [0.1, 0.15) is 17.4 Å². The molecular weight excluding hydrogens is 416 g/mol. The highest BCUT2D eigenvalue weighted by Crippen LogP contribution is 2.36. The van der Waals surface area contributed by atoms with Gasteiger partial charge in [0.25, 0.3) is 0 Å². The van der Waals surface area contributed by atoms with Gasteiger partial charge in [-0.15, -0.1) is 23.4 Å². The Morgan fingerprint density at radius 1 is 1.10 bits per heavy atom. The fraction of sp³-hybridized carbons (Fsp3) is 0.167. The minimum Gasteiger partial charge on any atom is -0.494 e. The van der Waals surface area contributed by atoms with Crippen LogP contribution in [0.1, 0.15) is 5.69 Å². The molecule has 0 saturated heterocycles. The molecule has 29 heavy (non-hydrogen) atoms. The van der Waals surface area contributed by atoms with Crippen LogP contribution >= 0.6 is 11.6 Å². The number of hydrogen-bond acceptors (Lipinski definition) is 5. The largest absolute Gasteiger partial charge is 0.573 e. The molecule has 4 rings (SSSR count). The fourth-order valence-corrected chi connectivity index (χ4v) is 3.21. The number of benzene rings is 2. The summed E-state index contributed by atoms with van der Waals surface area (Å²) in [6, 6.07) is 5.80. The minimum atomic E-state index is -4.87. The smallest absolute Gasteiger partial charge is 0.494 e. The van der Waals surface area contributed by atoms with Crippen molar-refractivity contribution in [3.63, 3.8) is 0 Å². The van der Waals surface area contributed by atoms with E-state index in [1.54, 1.807) is 6.92 Å². The predicted molar refractivity (Wildman–Crippen MR) is 96.7 cm³/mol. The molecule has 4 aromatic rings. The highest BCUT2D eigenvalue weighted by atomic mass is 35.5. The molecule has 0 N–H and O–H groups in total. The summed E-state index contributed by atoms with van der Waals surface area (Å²) in [6.45, 7) is 1.64. The first-order chi connectivity index (χ1) is 13.7. The zero-order valence-electron chi connectivity index (χ0n) is 14.9. The van der Waals surface area contributed by atoms with Gasteiger partial charge in [-0.2, -0.15) is 0 Å². The van der Waals surface area contributed by atoms with E-state index < -0.39 is 17.9 Å². The maximum Gasteiger partial charge on any atom is 0.573 e. The van der Waals surface area contributed by atoms with Gasteiger partial charge in [-0.05, 0) is 25.1 Å². The summed E-state index contributed by atoms with van der Waals surface area (Å²) in [4.78, 5) is 4.37. The highest BCUT2D eigenvalue weighted by Gasteiger charge is 2.31. The Balaban J connectivity index is 2.05. The molecule has 0 spiro atoms. The van der Waals surface area contributed by atoms with Crippen molar-refractivity contribution < 1.29 is 27.0 Å². The maximum absolute atomic E-state index is 14.1. The zero-order valence-corrected chi connectivity index (χ0v) is 15.6. The van der Waals surface area contributed by atoms with E-state index in [4.69, 9.17) is 16.3 Å². The van der Waals surface area contributed by atoms with E-state index in [9.17, 15) is 17.6 Å². The molecule has 0 bridgehead atoms. The Morgan fingerprint density at radius 3 is 2.55 bits per heavy atom. The van der Waals surface area contributed by atoms with Gasteiger partial charge in [0.15, 0.2) is 16.9 Å². The van der Waals surface area contributed by atoms with Crippen molar-refractivity contribution in [3.8, 4) is 22.9 Å². The lowest BCUT2D eigenvalue weighted by Crippen LogP contribution is -2.17. The first-order valence-electron chi connectivity index (χ1n) is 8.12. The molecule has 0 atom stereocenters. The number of methoxy groups -OCH3 is 1. The van der Waals surface area contributed by atoms with Gasteiger partial charge in [0.05, 0.1) is 23.3 Å². The van der Waals surface area contributed by atoms with E-state index in [0.29, 0.717) is 11.3 Å². The van der Waals surface area contributed by atoms with E-state index in [2.05, 4.69) is 19.9 Å². The number of imidazole rings is 1. The molecule has 11 heteroatoms. The first kappa shape index (κ1) is 19.2. The third-order valence-electron chi connectivity index (χ3n) is 4.16. The molecule has 0 aliphatic heterocycles. The Hall–Kier alpha value is -3.14. The number of aryl methyl sites for hydroxylation is 1. The number of rotatable bonds is 3. The van der Waals surface area contributed by atoms with Crippen molar-refractivity contribution in [2.45, 2.75) is 13.3 Å². The van der Waals surface area contributed by atoms with Crippen LogP contribution in [0.25, 0.3) is 28.1 Å². The summed E-state index contributed by atoms with van der Waals surface area (Å²) < 4.78 is 62.6. The number of ether oxygens (including phenoxy) is 2. The molecular formula is C18H11ClF4N4O2. The molecule has 150 valence electrons. The average Bonchev–Trinajstić information content (AvgIpc) is 2.98. The number of alkyl halides is 3. The molecule has 0 unspecified atom stereocenters. The molecule has 0 amide bonds. The molecule has 2 aromatic heterocycles. The van der Waals surface area contributed by atoms with Crippen LogP contribution < -0.4 is 9.47 Å². The number of hydrogen-bond donors (Lipinski definition) is 0. The van der Waals surface area contributed by atoms with Crippen LogP contribution in [0.15, 0.2) is 30.3 Å². The third kappa shape index (κ3) is 3.39. The summed E-state index contributed by atoms with van der Waals surface area (Å²) in [5, 5.41) is 8.29. The molecule has 0 radical (unpaired) electrons. The van der Waals surface area contributed by atoms with E-state index in [0.717, 1.165) is 18.2 Å². The SMILES string of the molecule is COc1cc(F)cc2c1nnc1c(C)nc(-c3cc(OC(F)(F)F)ccc3Cl)n12. The molecule has 0 aliphatic rings. The molecule has 0 fully saturated rings. The average molecular weight is 427 g/mol. The van der Waals surface area contributed by atoms with Gasteiger partial charge in [0, 0.05) is 17.7 Å². The summed E-state index contributed by atoms with van der Waals surface area (Å²) in [5.74, 6) is -0.766. The van der Waals surface area contributed by atoms with Crippen LogP contribution in [0.5, 0.6) is 11.5 Å². The molecule has 6 nitrogen and oxygen atoms in total. The standard InChI is InChI=1S/C18H11ClF4N4O2/c1-8-16-26-25-15-13(5-9(20)6-14(15)28-2)27(16)17(24-8)11-7-10(3-4-12(11)19)29-18(21,22)23/h3-7H,1-2H3. The monoisotopic (exact) mass is 426 g/mol. The number of fused-ring (bicyclic) bond motifs is 3. The summed E-state index contributed by atoms with van der Waals surface area (Å²) in [6.07, 6.45) is -4.87. The van der Waals surface area contributed by atoms with Gasteiger partial charge in [-0.25, -0.2) is 9.37 Å². The molecule has 0 saturated carbocycles. The normalized spacial score (nSPS) is 12.0. The zero-order chi connectivity index (χ0) is 20.9. The Labute approximate surface area is 165 Å². The van der Waals surface area contributed by atoms with Crippen LogP contribution in [0.4, 0.5) is 17.6 Å². The second-order valence-corrected chi connectivity index (χ2v) is 6.45. The second-order valence-electron chi connectivity index (χ2n) is 6.05. The molecule has 2 aromatic carbocycles. The van der Waals surface area contributed by atoms with Crippen LogP contribution in [-0.4, -0.2) is 33.1 Å². The summed E-state index contributed by atoms with van der Waals surface area (Å²) in [7, 11) is 1.36. The quantitative estimate of drug-likeness (QED) is 0.434. The Morgan fingerprint density at radius 2 is 1.86 bits per heavy atom. The molecule has 2 heterocycles. The Kier molecular flexibility index (Phi) is 4.45. The topological polar surface area (TPSA) is 61.5 Å². The van der Waals surface area contributed by atoms with Crippen LogP contribution in [0, 0.1) is 12.7 Å². The lowest BCUT2D eigenvalue weighted by Gasteiger charge is -2.12.